The van der Waals surface area contributed by atoms with Crippen LogP contribution in [-0.2, 0) is 16.6 Å². The lowest BCUT2D eigenvalue weighted by Gasteiger charge is -2.21. The topological polar surface area (TPSA) is 83.6 Å². The van der Waals surface area contributed by atoms with Gasteiger partial charge in [-0.2, -0.15) is 4.31 Å². The first-order valence-electron chi connectivity index (χ1n) is 4.81. The molecule has 0 radical (unpaired) electrons. The third-order valence-electron chi connectivity index (χ3n) is 2.36. The monoisotopic (exact) mass is 264 g/mol. The molecule has 1 atom stereocenters. The number of hydrogen-bond acceptors (Lipinski definition) is 5. The van der Waals surface area contributed by atoms with Crippen molar-refractivity contribution in [2.75, 3.05) is 13.7 Å². The van der Waals surface area contributed by atoms with E-state index in [1.165, 1.54) is 11.4 Å². The van der Waals surface area contributed by atoms with Gasteiger partial charge in [0.05, 0.1) is 6.61 Å². The molecule has 0 bridgehead atoms. The summed E-state index contributed by atoms with van der Waals surface area (Å²) in [4.78, 5) is 0.823. The number of nitrogens with zero attached hydrogens (tertiary/aromatic N) is 1. The Kier molecular flexibility index (Phi) is 4.45. The van der Waals surface area contributed by atoms with Crippen LogP contribution in [0.15, 0.2) is 16.3 Å². The Morgan fingerprint density at radius 2 is 2.19 bits per heavy atom. The number of hydrogen-bond donors (Lipinski definition) is 2. The van der Waals surface area contributed by atoms with Crippen molar-refractivity contribution in [1.82, 2.24) is 4.31 Å². The van der Waals surface area contributed by atoms with E-state index in [9.17, 15) is 8.42 Å². The van der Waals surface area contributed by atoms with Gasteiger partial charge in [-0.3, -0.25) is 0 Å². The molecule has 3 N–H and O–H groups in total. The second-order valence-corrected chi connectivity index (χ2v) is 6.87. The van der Waals surface area contributed by atoms with Crippen molar-refractivity contribution in [1.29, 1.82) is 0 Å². The lowest BCUT2D eigenvalue weighted by atomic mass is 10.4. The number of rotatable bonds is 5. The van der Waals surface area contributed by atoms with Crippen LogP contribution in [0.25, 0.3) is 0 Å². The highest BCUT2D eigenvalue weighted by molar-refractivity contribution is 7.91. The fraction of sp³-hybridized carbons (Fsp3) is 0.556. The van der Waals surface area contributed by atoms with Gasteiger partial charge in [-0.25, -0.2) is 8.42 Å². The van der Waals surface area contributed by atoms with Crippen molar-refractivity contribution in [3.8, 4) is 0 Å². The van der Waals surface area contributed by atoms with E-state index in [0.29, 0.717) is 6.54 Å². The van der Waals surface area contributed by atoms with Crippen LogP contribution in [0.3, 0.4) is 0 Å². The summed E-state index contributed by atoms with van der Waals surface area (Å²) in [7, 11) is -2.05. The van der Waals surface area contributed by atoms with E-state index in [1.54, 1.807) is 19.1 Å². The second kappa shape index (κ2) is 5.24. The SMILES string of the molecule is CC(CO)N(C)S(=O)(=O)c1ccc(CN)s1. The first-order chi connectivity index (χ1) is 7.43. The van der Waals surface area contributed by atoms with Gasteiger partial charge in [-0.15, -0.1) is 11.3 Å². The molecular weight excluding hydrogens is 248 g/mol. The van der Waals surface area contributed by atoms with Gasteiger partial charge in [0.25, 0.3) is 10.0 Å². The summed E-state index contributed by atoms with van der Waals surface area (Å²) in [5.41, 5.74) is 5.43. The van der Waals surface area contributed by atoms with Crippen LogP contribution in [0.5, 0.6) is 0 Å². The minimum atomic E-state index is -3.50. The van der Waals surface area contributed by atoms with Gasteiger partial charge >= 0.3 is 0 Å². The summed E-state index contributed by atoms with van der Waals surface area (Å²) in [6.07, 6.45) is 0. The zero-order valence-corrected chi connectivity index (χ0v) is 10.9. The maximum Gasteiger partial charge on any atom is 0.252 e. The van der Waals surface area contributed by atoms with Gasteiger partial charge in [0.15, 0.2) is 0 Å². The molecule has 0 amide bonds. The number of aliphatic hydroxyl groups excluding tert-OH is 1. The average molecular weight is 264 g/mol. The van der Waals surface area contributed by atoms with Gasteiger partial charge in [0, 0.05) is 24.5 Å². The zero-order chi connectivity index (χ0) is 12.3. The average Bonchev–Trinajstić information content (AvgIpc) is 2.75. The lowest BCUT2D eigenvalue weighted by Crippen LogP contribution is -2.36. The fourth-order valence-electron chi connectivity index (χ4n) is 1.10. The van der Waals surface area contributed by atoms with E-state index in [-0.39, 0.29) is 10.8 Å². The highest BCUT2D eigenvalue weighted by atomic mass is 32.2. The third kappa shape index (κ3) is 2.61. The number of likely N-dealkylation sites (N-methyl/N-ethyl adjacent to an activating group) is 1. The minimum Gasteiger partial charge on any atom is -0.395 e. The van der Waals surface area contributed by atoms with E-state index in [2.05, 4.69) is 0 Å². The first-order valence-corrected chi connectivity index (χ1v) is 7.06. The molecule has 1 rings (SSSR count). The molecule has 0 spiro atoms. The highest BCUT2D eigenvalue weighted by Gasteiger charge is 2.26. The standard InChI is InChI=1S/C9H16N2O3S2/c1-7(6-12)11(2)16(13,14)9-4-3-8(5-10)15-9/h3-4,7,12H,5-6,10H2,1-2H3. The van der Waals surface area contributed by atoms with Gasteiger partial charge in [-0.1, -0.05) is 0 Å². The maximum absolute atomic E-state index is 12.0. The summed E-state index contributed by atoms with van der Waals surface area (Å²) in [6, 6.07) is 2.81. The van der Waals surface area contributed by atoms with Crippen LogP contribution in [0.4, 0.5) is 0 Å². The van der Waals surface area contributed by atoms with Crippen molar-refractivity contribution < 1.29 is 13.5 Å². The molecule has 0 aromatic carbocycles. The molecule has 0 aliphatic carbocycles. The first kappa shape index (κ1) is 13.6. The molecule has 1 aromatic rings. The van der Waals surface area contributed by atoms with Gasteiger partial charge in [-0.05, 0) is 19.1 Å². The summed E-state index contributed by atoms with van der Waals surface area (Å²) in [5.74, 6) is 0. The Bertz CT molecular complexity index is 441. The van der Waals surface area contributed by atoms with E-state index in [0.717, 1.165) is 16.2 Å². The molecule has 5 nitrogen and oxygen atoms in total. The second-order valence-electron chi connectivity index (χ2n) is 3.48. The number of aliphatic hydroxyl groups is 1. The Morgan fingerprint density at radius 1 is 1.56 bits per heavy atom. The highest BCUT2D eigenvalue weighted by Crippen LogP contribution is 2.24. The summed E-state index contributed by atoms with van der Waals surface area (Å²) < 4.78 is 25.5. The van der Waals surface area contributed by atoms with E-state index < -0.39 is 16.1 Å². The molecule has 1 heterocycles. The van der Waals surface area contributed by atoms with Gasteiger partial charge in [0.2, 0.25) is 0 Å². The molecule has 0 saturated heterocycles. The van der Waals surface area contributed by atoms with Crippen LogP contribution in [0, 0.1) is 0 Å². The maximum atomic E-state index is 12.0. The Labute approximate surface area is 99.6 Å². The van der Waals surface area contributed by atoms with Crippen LogP contribution in [0.2, 0.25) is 0 Å². The summed E-state index contributed by atoms with van der Waals surface area (Å²) in [6.45, 7) is 1.78. The Morgan fingerprint density at radius 3 is 2.62 bits per heavy atom. The molecule has 1 unspecified atom stereocenters. The van der Waals surface area contributed by atoms with E-state index >= 15 is 0 Å². The van der Waals surface area contributed by atoms with Crippen molar-refractivity contribution in [2.24, 2.45) is 5.73 Å². The smallest absolute Gasteiger partial charge is 0.252 e. The summed E-state index contributed by atoms with van der Waals surface area (Å²) in [5, 5.41) is 8.94. The minimum absolute atomic E-state index is 0.204. The van der Waals surface area contributed by atoms with Crippen LogP contribution >= 0.6 is 11.3 Å². The molecule has 0 aliphatic rings. The Hall–Kier alpha value is -0.470. The number of sulfonamides is 1. The largest absolute Gasteiger partial charge is 0.395 e. The molecule has 0 aliphatic heterocycles. The van der Waals surface area contributed by atoms with Crippen molar-refractivity contribution >= 4 is 21.4 Å². The lowest BCUT2D eigenvalue weighted by molar-refractivity contribution is 0.214. The van der Waals surface area contributed by atoms with Crippen molar-refractivity contribution in [2.45, 2.75) is 23.7 Å². The van der Waals surface area contributed by atoms with E-state index in [1.807, 2.05) is 0 Å². The molecule has 16 heavy (non-hydrogen) atoms. The molecule has 0 saturated carbocycles. The van der Waals surface area contributed by atoms with Crippen molar-refractivity contribution in [3.05, 3.63) is 17.0 Å². The molecule has 7 heteroatoms. The van der Waals surface area contributed by atoms with Crippen LogP contribution in [-0.4, -0.2) is 37.5 Å². The normalized spacial score (nSPS) is 14.3. The van der Waals surface area contributed by atoms with Crippen LogP contribution < -0.4 is 5.73 Å². The van der Waals surface area contributed by atoms with Gasteiger partial charge in [0.1, 0.15) is 4.21 Å². The third-order valence-corrected chi connectivity index (χ3v) is 5.90. The van der Waals surface area contributed by atoms with Gasteiger partial charge < -0.3 is 10.8 Å². The molecule has 0 fully saturated rings. The van der Waals surface area contributed by atoms with E-state index in [4.69, 9.17) is 10.8 Å². The van der Waals surface area contributed by atoms with Crippen LogP contribution in [0.1, 0.15) is 11.8 Å². The predicted molar refractivity (Wildman–Crippen MR) is 63.7 cm³/mol. The predicted octanol–water partition coefficient (Wildman–Crippen LogP) is 0.208. The molecule has 92 valence electrons. The number of nitrogens with two attached hydrogens (primary N) is 1. The molecule has 1 aromatic heterocycles. The quantitative estimate of drug-likeness (QED) is 0.796. The zero-order valence-electron chi connectivity index (χ0n) is 9.25. The fourth-order valence-corrected chi connectivity index (χ4v) is 3.87. The summed E-state index contributed by atoms with van der Waals surface area (Å²) >= 11 is 1.16. The Balaban J connectivity index is 3.01. The van der Waals surface area contributed by atoms with Crippen molar-refractivity contribution in [3.63, 3.8) is 0 Å². The molecular formula is C9H16N2O3S2. The number of thiophene rings is 1.